The maximum atomic E-state index is 12.1. The van der Waals surface area contributed by atoms with Gasteiger partial charge in [-0.05, 0) is 49.4 Å². The molecule has 3 aromatic rings. The van der Waals surface area contributed by atoms with Crippen molar-refractivity contribution in [2.45, 2.75) is 19.8 Å². The number of aromatic nitrogens is 1. The lowest BCUT2D eigenvalue weighted by molar-refractivity contribution is -0.116. The molecule has 0 saturated heterocycles. The number of fused-ring (bicyclic) bond motifs is 1. The number of thiazole rings is 1. The van der Waals surface area contributed by atoms with Crippen LogP contribution >= 0.6 is 22.9 Å². The number of carbonyl (C=O) groups is 2. The number of nitrogens with one attached hydrogen (secondary N) is 1. The van der Waals surface area contributed by atoms with E-state index in [4.69, 9.17) is 16.3 Å². The molecule has 0 spiro atoms. The molecule has 0 aliphatic carbocycles. The molecule has 1 aromatic heterocycles. The molecule has 134 valence electrons. The molecule has 0 radical (unpaired) electrons. The maximum absolute atomic E-state index is 12.1. The van der Waals surface area contributed by atoms with Gasteiger partial charge in [-0.1, -0.05) is 22.9 Å². The quantitative estimate of drug-likeness (QED) is 0.581. The van der Waals surface area contributed by atoms with Gasteiger partial charge in [-0.3, -0.25) is 9.59 Å². The molecule has 0 unspecified atom stereocenters. The van der Waals surface area contributed by atoms with Crippen molar-refractivity contribution in [1.82, 2.24) is 4.98 Å². The van der Waals surface area contributed by atoms with Crippen molar-refractivity contribution in [3.05, 3.63) is 53.1 Å². The molecular formula is C19H17ClN2O3S. The summed E-state index contributed by atoms with van der Waals surface area (Å²) >= 11 is 7.18. The summed E-state index contributed by atoms with van der Waals surface area (Å²) in [7, 11) is 0. The zero-order chi connectivity index (χ0) is 18.5. The topological polar surface area (TPSA) is 68.3 Å². The van der Waals surface area contributed by atoms with Crippen LogP contribution in [-0.4, -0.2) is 23.3 Å². The van der Waals surface area contributed by atoms with Crippen molar-refractivity contribution in [3.8, 4) is 5.75 Å². The van der Waals surface area contributed by atoms with Gasteiger partial charge >= 0.3 is 0 Å². The van der Waals surface area contributed by atoms with Crippen LogP contribution in [0.25, 0.3) is 10.2 Å². The van der Waals surface area contributed by atoms with Gasteiger partial charge in [0.25, 0.3) is 0 Å². The van der Waals surface area contributed by atoms with E-state index in [-0.39, 0.29) is 24.5 Å². The Morgan fingerprint density at radius 3 is 2.65 bits per heavy atom. The van der Waals surface area contributed by atoms with Crippen LogP contribution in [0.4, 0.5) is 5.13 Å². The van der Waals surface area contributed by atoms with Crippen molar-refractivity contribution < 1.29 is 14.3 Å². The number of ether oxygens (including phenoxy) is 1. The standard InChI is InChI=1S/C19H17ClN2O3S/c1-2-25-14-7-8-15-17(11-14)26-19(21-15)22-18(24)10-9-16(23)12-3-5-13(20)6-4-12/h3-8,11H,2,9-10H2,1H3,(H,21,22,24). The van der Waals surface area contributed by atoms with Gasteiger partial charge in [0.05, 0.1) is 16.8 Å². The molecule has 0 aliphatic rings. The number of hydrogen-bond acceptors (Lipinski definition) is 5. The molecule has 2 aromatic carbocycles. The number of nitrogens with zero attached hydrogens (tertiary/aromatic N) is 1. The Labute approximate surface area is 160 Å². The summed E-state index contributed by atoms with van der Waals surface area (Å²) in [6.45, 7) is 2.52. The van der Waals surface area contributed by atoms with Crippen LogP contribution in [0.2, 0.25) is 5.02 Å². The van der Waals surface area contributed by atoms with E-state index < -0.39 is 0 Å². The smallest absolute Gasteiger partial charge is 0.226 e. The lowest BCUT2D eigenvalue weighted by atomic mass is 10.1. The van der Waals surface area contributed by atoms with Gasteiger partial charge in [0.15, 0.2) is 10.9 Å². The molecular weight excluding hydrogens is 372 g/mol. The molecule has 1 amide bonds. The summed E-state index contributed by atoms with van der Waals surface area (Å²) in [4.78, 5) is 28.6. The van der Waals surface area contributed by atoms with Crippen molar-refractivity contribution in [3.63, 3.8) is 0 Å². The number of halogens is 1. The van der Waals surface area contributed by atoms with Crippen LogP contribution in [0.5, 0.6) is 5.75 Å². The second-order valence-corrected chi connectivity index (χ2v) is 7.03. The zero-order valence-corrected chi connectivity index (χ0v) is 15.7. The van der Waals surface area contributed by atoms with E-state index in [1.807, 2.05) is 25.1 Å². The summed E-state index contributed by atoms with van der Waals surface area (Å²) in [5.74, 6) is 0.439. The second-order valence-electron chi connectivity index (χ2n) is 5.56. The first-order chi connectivity index (χ1) is 12.5. The minimum atomic E-state index is -0.239. The predicted molar refractivity (Wildman–Crippen MR) is 104 cm³/mol. The number of amides is 1. The Morgan fingerprint density at radius 1 is 1.15 bits per heavy atom. The lowest BCUT2D eigenvalue weighted by Crippen LogP contribution is -2.13. The SMILES string of the molecule is CCOc1ccc2nc(NC(=O)CCC(=O)c3ccc(Cl)cc3)sc2c1. The number of carbonyl (C=O) groups excluding carboxylic acids is 2. The van der Waals surface area contributed by atoms with E-state index in [9.17, 15) is 9.59 Å². The zero-order valence-electron chi connectivity index (χ0n) is 14.1. The van der Waals surface area contributed by atoms with E-state index in [0.717, 1.165) is 16.0 Å². The van der Waals surface area contributed by atoms with Crippen molar-refractivity contribution in [2.24, 2.45) is 0 Å². The Hall–Kier alpha value is -2.44. The van der Waals surface area contributed by atoms with Gasteiger partial charge in [-0.15, -0.1) is 0 Å². The minimum absolute atomic E-state index is 0.0949. The molecule has 0 aliphatic heterocycles. The van der Waals surface area contributed by atoms with E-state index in [1.165, 1.54) is 11.3 Å². The number of anilines is 1. The number of benzene rings is 2. The lowest BCUT2D eigenvalue weighted by Gasteiger charge is -2.02. The largest absolute Gasteiger partial charge is 0.494 e. The average molecular weight is 389 g/mol. The predicted octanol–water partition coefficient (Wildman–Crippen LogP) is 4.95. The highest BCUT2D eigenvalue weighted by atomic mass is 35.5. The normalized spacial score (nSPS) is 10.7. The van der Waals surface area contributed by atoms with Crippen molar-refractivity contribution in [1.29, 1.82) is 0 Å². The molecule has 1 N–H and O–H groups in total. The van der Waals surface area contributed by atoms with E-state index in [0.29, 0.717) is 22.3 Å². The summed E-state index contributed by atoms with van der Waals surface area (Å²) in [5, 5.41) is 3.84. The third-order valence-corrected chi connectivity index (χ3v) is 4.85. The van der Waals surface area contributed by atoms with Gasteiger partial charge in [0, 0.05) is 23.4 Å². The fraction of sp³-hybridized carbons (Fsp3) is 0.211. The second kappa shape index (κ2) is 8.29. The van der Waals surface area contributed by atoms with Gasteiger partial charge in [-0.25, -0.2) is 4.98 Å². The Bertz CT molecular complexity index is 938. The van der Waals surface area contributed by atoms with Gasteiger partial charge < -0.3 is 10.1 Å². The van der Waals surface area contributed by atoms with Crippen LogP contribution in [0.15, 0.2) is 42.5 Å². The highest BCUT2D eigenvalue weighted by molar-refractivity contribution is 7.22. The van der Waals surface area contributed by atoms with Gasteiger partial charge in [0.2, 0.25) is 5.91 Å². The van der Waals surface area contributed by atoms with Crippen LogP contribution in [-0.2, 0) is 4.79 Å². The molecule has 0 saturated carbocycles. The number of Topliss-reactive ketones (excluding diaryl/α,β-unsaturated/α-hetero) is 1. The van der Waals surface area contributed by atoms with Crippen LogP contribution in [0, 0.1) is 0 Å². The number of hydrogen-bond donors (Lipinski definition) is 1. The van der Waals surface area contributed by atoms with Gasteiger partial charge in [0.1, 0.15) is 5.75 Å². The first-order valence-corrected chi connectivity index (χ1v) is 9.36. The van der Waals surface area contributed by atoms with Gasteiger partial charge in [-0.2, -0.15) is 0 Å². The molecule has 3 rings (SSSR count). The third kappa shape index (κ3) is 4.59. The molecule has 5 nitrogen and oxygen atoms in total. The molecule has 26 heavy (non-hydrogen) atoms. The van der Waals surface area contributed by atoms with Crippen LogP contribution in [0.3, 0.4) is 0 Å². The monoisotopic (exact) mass is 388 g/mol. The first-order valence-electron chi connectivity index (χ1n) is 8.17. The van der Waals surface area contributed by atoms with Crippen molar-refractivity contribution in [2.75, 3.05) is 11.9 Å². The Morgan fingerprint density at radius 2 is 1.92 bits per heavy atom. The maximum Gasteiger partial charge on any atom is 0.226 e. The van der Waals surface area contributed by atoms with E-state index in [1.54, 1.807) is 24.3 Å². The van der Waals surface area contributed by atoms with Crippen LogP contribution in [0.1, 0.15) is 30.1 Å². The van der Waals surface area contributed by atoms with Crippen LogP contribution < -0.4 is 10.1 Å². The van der Waals surface area contributed by atoms with E-state index >= 15 is 0 Å². The highest BCUT2D eigenvalue weighted by Gasteiger charge is 2.12. The molecule has 1 heterocycles. The highest BCUT2D eigenvalue weighted by Crippen LogP contribution is 2.29. The Kier molecular flexibility index (Phi) is 5.85. The average Bonchev–Trinajstić information content (AvgIpc) is 3.02. The number of ketones is 1. The van der Waals surface area contributed by atoms with Crippen molar-refractivity contribution >= 4 is 50.0 Å². The fourth-order valence-corrected chi connectivity index (χ4v) is 3.44. The molecule has 7 heteroatoms. The summed E-state index contributed by atoms with van der Waals surface area (Å²) in [6.07, 6.45) is 0.231. The fourth-order valence-electron chi connectivity index (χ4n) is 2.40. The molecule has 0 atom stereocenters. The minimum Gasteiger partial charge on any atom is -0.494 e. The summed E-state index contributed by atoms with van der Waals surface area (Å²) in [5.41, 5.74) is 1.34. The molecule has 0 fully saturated rings. The third-order valence-electron chi connectivity index (χ3n) is 3.66. The summed E-state index contributed by atoms with van der Waals surface area (Å²) in [6, 6.07) is 12.2. The first kappa shape index (κ1) is 18.4. The Balaban J connectivity index is 1.58. The summed E-state index contributed by atoms with van der Waals surface area (Å²) < 4.78 is 6.40. The number of rotatable bonds is 7. The van der Waals surface area contributed by atoms with E-state index in [2.05, 4.69) is 10.3 Å². The molecule has 0 bridgehead atoms.